The van der Waals surface area contributed by atoms with E-state index >= 15 is 0 Å². The van der Waals surface area contributed by atoms with Crippen molar-refractivity contribution in [1.82, 2.24) is 5.32 Å². The van der Waals surface area contributed by atoms with Gasteiger partial charge in [0.2, 0.25) is 6.41 Å². The Bertz CT molecular complexity index is 496. The van der Waals surface area contributed by atoms with Crippen LogP contribution in [0.3, 0.4) is 0 Å². The smallest absolute Gasteiger partial charge is 0.336 e. The molecule has 1 fully saturated rings. The molecule has 0 bridgehead atoms. The van der Waals surface area contributed by atoms with Gasteiger partial charge >= 0.3 is 5.97 Å². The van der Waals surface area contributed by atoms with Gasteiger partial charge in [0.1, 0.15) is 6.61 Å². The first-order chi connectivity index (χ1) is 10.2. The van der Waals surface area contributed by atoms with E-state index in [1.807, 2.05) is 30.3 Å². The molecule has 1 aromatic rings. The van der Waals surface area contributed by atoms with Crippen LogP contribution in [-0.4, -0.2) is 17.9 Å². The second-order valence-electron chi connectivity index (χ2n) is 5.50. The number of ether oxygens (including phenoxy) is 1. The third kappa shape index (κ3) is 3.72. The van der Waals surface area contributed by atoms with E-state index in [2.05, 4.69) is 11.9 Å². The number of esters is 1. The highest BCUT2D eigenvalue weighted by Gasteiger charge is 2.40. The van der Waals surface area contributed by atoms with E-state index in [0.717, 1.165) is 18.4 Å². The molecule has 1 amide bonds. The molecule has 0 aromatic heterocycles. The number of carbonyl (C=O) groups excluding carboxylic acids is 2. The molecule has 112 valence electrons. The van der Waals surface area contributed by atoms with Crippen molar-refractivity contribution >= 4 is 12.4 Å². The highest BCUT2D eigenvalue weighted by molar-refractivity contribution is 5.85. The number of nitrogens with one attached hydrogen (secondary N) is 1. The van der Waals surface area contributed by atoms with Crippen LogP contribution in [0, 0.1) is 5.92 Å². The summed E-state index contributed by atoms with van der Waals surface area (Å²) >= 11 is 0. The quantitative estimate of drug-likeness (QED) is 0.454. The van der Waals surface area contributed by atoms with Crippen LogP contribution in [0.4, 0.5) is 0 Å². The Labute approximate surface area is 125 Å². The summed E-state index contributed by atoms with van der Waals surface area (Å²) in [4.78, 5) is 23.3. The van der Waals surface area contributed by atoms with Crippen LogP contribution in [0.1, 0.15) is 31.2 Å². The molecule has 1 N–H and O–H groups in total. The lowest BCUT2D eigenvalue weighted by Gasteiger charge is -2.35. The van der Waals surface area contributed by atoms with Gasteiger partial charge in [-0.2, -0.15) is 0 Å². The molecule has 0 radical (unpaired) electrons. The van der Waals surface area contributed by atoms with E-state index in [9.17, 15) is 9.59 Å². The zero-order chi connectivity index (χ0) is 15.1. The normalized spacial score (nSPS) is 17.1. The van der Waals surface area contributed by atoms with E-state index in [1.54, 1.807) is 0 Å². The van der Waals surface area contributed by atoms with Crippen molar-refractivity contribution in [2.75, 3.05) is 0 Å². The summed E-state index contributed by atoms with van der Waals surface area (Å²) in [5.41, 5.74) is -0.194. The predicted octanol–water partition coefficient (Wildman–Crippen LogP) is 2.59. The fourth-order valence-corrected chi connectivity index (χ4v) is 2.54. The molecule has 4 heteroatoms. The molecule has 1 unspecified atom stereocenters. The van der Waals surface area contributed by atoms with Gasteiger partial charge in [-0.3, -0.25) is 4.79 Å². The topological polar surface area (TPSA) is 55.4 Å². The summed E-state index contributed by atoms with van der Waals surface area (Å²) in [5, 5.41) is 2.61. The van der Waals surface area contributed by atoms with Gasteiger partial charge in [-0.1, -0.05) is 55.7 Å². The molecular weight excluding hydrogens is 266 g/mol. The highest BCUT2D eigenvalue weighted by atomic mass is 16.5. The van der Waals surface area contributed by atoms with Crippen LogP contribution < -0.4 is 5.32 Å². The van der Waals surface area contributed by atoms with Crippen LogP contribution in [-0.2, 0) is 20.9 Å². The van der Waals surface area contributed by atoms with E-state index < -0.39 is 11.5 Å². The van der Waals surface area contributed by atoms with Crippen LogP contribution in [0.2, 0.25) is 0 Å². The van der Waals surface area contributed by atoms with Crippen molar-refractivity contribution < 1.29 is 14.3 Å². The van der Waals surface area contributed by atoms with Gasteiger partial charge < -0.3 is 10.1 Å². The summed E-state index contributed by atoms with van der Waals surface area (Å²) in [5.74, 6) is 0.0000725. The van der Waals surface area contributed by atoms with Crippen LogP contribution in [0.25, 0.3) is 0 Å². The van der Waals surface area contributed by atoms with Gasteiger partial charge in [0.05, 0.1) is 0 Å². The SMILES string of the molecule is C=CC(CC1CCC1)(NC=O)C(=O)OCc1ccccc1. The Morgan fingerprint density at radius 1 is 1.38 bits per heavy atom. The van der Waals surface area contributed by atoms with Crippen molar-refractivity contribution in [1.29, 1.82) is 0 Å². The van der Waals surface area contributed by atoms with E-state index in [0.29, 0.717) is 18.7 Å². The maximum absolute atomic E-state index is 12.4. The lowest BCUT2D eigenvalue weighted by Crippen LogP contribution is -2.52. The Kier molecular flexibility index (Phi) is 5.14. The maximum Gasteiger partial charge on any atom is 0.336 e. The number of hydrogen-bond donors (Lipinski definition) is 1. The third-order valence-corrected chi connectivity index (χ3v) is 4.08. The third-order valence-electron chi connectivity index (χ3n) is 4.08. The molecule has 21 heavy (non-hydrogen) atoms. The van der Waals surface area contributed by atoms with Crippen LogP contribution in [0.15, 0.2) is 43.0 Å². The van der Waals surface area contributed by atoms with Gasteiger partial charge in [-0.05, 0) is 17.9 Å². The average Bonchev–Trinajstić information content (AvgIpc) is 2.48. The fraction of sp³-hybridized carbons (Fsp3) is 0.412. The molecule has 0 spiro atoms. The molecule has 0 saturated heterocycles. The minimum absolute atomic E-state index is 0.195. The van der Waals surface area contributed by atoms with Crippen molar-refractivity contribution in [2.24, 2.45) is 5.92 Å². The predicted molar refractivity (Wildman–Crippen MR) is 80.3 cm³/mol. The zero-order valence-corrected chi connectivity index (χ0v) is 12.1. The number of hydrogen-bond acceptors (Lipinski definition) is 3. The van der Waals surface area contributed by atoms with E-state index in [-0.39, 0.29) is 6.61 Å². The fourth-order valence-electron chi connectivity index (χ4n) is 2.54. The average molecular weight is 287 g/mol. The highest BCUT2D eigenvalue weighted by Crippen LogP contribution is 2.34. The van der Waals surface area contributed by atoms with Crippen LogP contribution >= 0.6 is 0 Å². The number of rotatable bonds is 8. The second-order valence-corrected chi connectivity index (χ2v) is 5.50. The van der Waals surface area contributed by atoms with E-state index in [1.165, 1.54) is 12.5 Å². The molecule has 1 aliphatic carbocycles. The van der Waals surface area contributed by atoms with Gasteiger partial charge in [0, 0.05) is 0 Å². The minimum atomic E-state index is -1.11. The van der Waals surface area contributed by atoms with Crippen molar-refractivity contribution in [3.05, 3.63) is 48.6 Å². The molecule has 1 atom stereocenters. The molecule has 1 saturated carbocycles. The summed E-state index contributed by atoms with van der Waals surface area (Å²) in [7, 11) is 0. The van der Waals surface area contributed by atoms with Crippen molar-refractivity contribution in [3.63, 3.8) is 0 Å². The van der Waals surface area contributed by atoms with Crippen molar-refractivity contribution in [3.8, 4) is 0 Å². The van der Waals surface area contributed by atoms with Gasteiger partial charge in [0.25, 0.3) is 0 Å². The number of amides is 1. The Hall–Kier alpha value is -2.10. The molecular formula is C17H21NO3. The number of benzene rings is 1. The standard InChI is InChI=1S/C17H21NO3/c1-2-17(18-13-19,11-14-9-6-10-14)16(20)21-12-15-7-4-3-5-8-15/h2-5,7-8,13-14H,1,6,9-12H2,(H,18,19). The zero-order valence-electron chi connectivity index (χ0n) is 12.1. The van der Waals surface area contributed by atoms with Gasteiger partial charge in [0.15, 0.2) is 5.54 Å². The molecule has 0 aliphatic heterocycles. The molecule has 0 heterocycles. The minimum Gasteiger partial charge on any atom is -0.459 e. The molecule has 4 nitrogen and oxygen atoms in total. The van der Waals surface area contributed by atoms with Gasteiger partial charge in [-0.25, -0.2) is 4.79 Å². The Morgan fingerprint density at radius 3 is 2.62 bits per heavy atom. The summed E-state index contributed by atoms with van der Waals surface area (Å²) < 4.78 is 5.37. The van der Waals surface area contributed by atoms with Gasteiger partial charge in [-0.15, -0.1) is 6.58 Å². The molecule has 1 aromatic carbocycles. The monoisotopic (exact) mass is 287 g/mol. The Morgan fingerprint density at radius 2 is 2.10 bits per heavy atom. The van der Waals surface area contributed by atoms with Crippen LogP contribution in [0.5, 0.6) is 0 Å². The van der Waals surface area contributed by atoms with Crippen molar-refractivity contribution in [2.45, 2.75) is 37.8 Å². The number of carbonyl (C=O) groups is 2. The first-order valence-corrected chi connectivity index (χ1v) is 7.26. The first kappa shape index (κ1) is 15.3. The second kappa shape index (κ2) is 7.07. The van der Waals surface area contributed by atoms with E-state index in [4.69, 9.17) is 4.74 Å². The largest absolute Gasteiger partial charge is 0.459 e. The lowest BCUT2D eigenvalue weighted by atomic mass is 9.76. The summed E-state index contributed by atoms with van der Waals surface area (Å²) in [6.07, 6.45) is 5.95. The summed E-state index contributed by atoms with van der Waals surface area (Å²) in [6.45, 7) is 3.91. The maximum atomic E-state index is 12.4. The molecule has 2 rings (SSSR count). The Balaban J connectivity index is 2.02. The summed E-state index contributed by atoms with van der Waals surface area (Å²) in [6, 6.07) is 9.47. The molecule has 1 aliphatic rings. The lowest BCUT2D eigenvalue weighted by molar-refractivity contribution is -0.152. The first-order valence-electron chi connectivity index (χ1n) is 7.26.